The van der Waals surface area contributed by atoms with Crippen LogP contribution < -0.4 is 11.1 Å². The summed E-state index contributed by atoms with van der Waals surface area (Å²) in [5, 5.41) is 16.7. The van der Waals surface area contributed by atoms with E-state index in [1.165, 1.54) is 0 Å². The van der Waals surface area contributed by atoms with Crippen LogP contribution in [-0.2, 0) is 5.41 Å². The van der Waals surface area contributed by atoms with Gasteiger partial charge in [0.25, 0.3) is 0 Å². The van der Waals surface area contributed by atoms with Crippen molar-refractivity contribution in [2.75, 3.05) is 11.1 Å². The fourth-order valence-corrected chi connectivity index (χ4v) is 2.74. The minimum Gasteiger partial charge on any atom is -0.378 e. The van der Waals surface area contributed by atoms with Crippen molar-refractivity contribution in [3.63, 3.8) is 0 Å². The van der Waals surface area contributed by atoms with Gasteiger partial charge in [-0.05, 0) is 6.92 Å². The maximum absolute atomic E-state index is 10.7. The summed E-state index contributed by atoms with van der Waals surface area (Å²) < 4.78 is 0. The maximum Gasteiger partial charge on any atom is 0.329 e. The predicted molar refractivity (Wildman–Crippen MR) is 86.0 cm³/mol. The van der Waals surface area contributed by atoms with Gasteiger partial charge in [0.2, 0.25) is 11.8 Å². The molecule has 2 aromatic heterocycles. The van der Waals surface area contributed by atoms with E-state index in [1.807, 2.05) is 12.3 Å². The first-order valence-electron chi connectivity index (χ1n) is 6.68. The van der Waals surface area contributed by atoms with Gasteiger partial charge in [-0.2, -0.15) is 4.98 Å². The lowest BCUT2D eigenvalue weighted by Crippen LogP contribution is -2.14. The summed E-state index contributed by atoms with van der Waals surface area (Å²) in [4.78, 5) is 22.5. The largest absolute Gasteiger partial charge is 0.378 e. The van der Waals surface area contributed by atoms with Crippen molar-refractivity contribution >= 4 is 28.8 Å². The quantitative estimate of drug-likeness (QED) is 0.656. The Morgan fingerprint density at radius 3 is 2.59 bits per heavy atom. The molecule has 2 rings (SSSR count). The predicted octanol–water partition coefficient (Wildman–Crippen LogP) is 2.89. The molecule has 9 heteroatoms. The fraction of sp³-hybridized carbons (Fsp3) is 0.462. The zero-order chi connectivity index (χ0) is 16.5. The molecule has 2 aromatic rings. The van der Waals surface area contributed by atoms with E-state index >= 15 is 0 Å². The molecule has 22 heavy (non-hydrogen) atoms. The zero-order valence-corrected chi connectivity index (χ0v) is 13.6. The van der Waals surface area contributed by atoms with Crippen molar-refractivity contribution < 1.29 is 4.92 Å². The summed E-state index contributed by atoms with van der Waals surface area (Å²) in [6.07, 6.45) is 1.10. The first-order chi connectivity index (χ1) is 10.2. The van der Waals surface area contributed by atoms with Crippen molar-refractivity contribution in [1.29, 1.82) is 0 Å². The van der Waals surface area contributed by atoms with Crippen molar-refractivity contribution in [2.24, 2.45) is 0 Å². The van der Waals surface area contributed by atoms with Gasteiger partial charge >= 0.3 is 5.69 Å². The van der Waals surface area contributed by atoms with Gasteiger partial charge in [0.05, 0.1) is 16.7 Å². The molecule has 0 spiro atoms. The molecule has 0 bridgehead atoms. The van der Waals surface area contributed by atoms with Crippen LogP contribution >= 0.6 is 11.3 Å². The minimum atomic E-state index is -0.612. The third-order valence-corrected chi connectivity index (χ3v) is 4.03. The van der Waals surface area contributed by atoms with Gasteiger partial charge in [0.15, 0.2) is 0 Å². The standard InChI is InChI=1S/C13H18N6O2S/c1-7(11-17-9(6-22-11)13(2,3)4)16-12-15-5-8(19(20)21)10(14)18-12/h5-7H,1-4H3,(H3,14,15,16,18). The average molecular weight is 322 g/mol. The fourth-order valence-electron chi connectivity index (χ4n) is 1.69. The molecule has 0 amide bonds. The van der Waals surface area contributed by atoms with Gasteiger partial charge in [-0.1, -0.05) is 20.8 Å². The Morgan fingerprint density at radius 2 is 2.09 bits per heavy atom. The topological polar surface area (TPSA) is 120 Å². The molecule has 3 N–H and O–H groups in total. The summed E-state index contributed by atoms with van der Waals surface area (Å²) in [5.74, 6) is 0.0762. The van der Waals surface area contributed by atoms with Crippen LogP contribution in [-0.4, -0.2) is 19.9 Å². The third-order valence-electron chi connectivity index (χ3n) is 3.00. The molecule has 2 heterocycles. The summed E-state index contributed by atoms with van der Waals surface area (Å²) in [7, 11) is 0. The number of thiazole rings is 1. The van der Waals surface area contributed by atoms with E-state index in [4.69, 9.17) is 5.73 Å². The number of hydrogen-bond donors (Lipinski definition) is 2. The summed E-state index contributed by atoms with van der Waals surface area (Å²) in [6.45, 7) is 8.23. The van der Waals surface area contributed by atoms with E-state index in [0.717, 1.165) is 16.9 Å². The molecule has 0 saturated heterocycles. The Bertz CT molecular complexity index is 694. The molecule has 8 nitrogen and oxygen atoms in total. The van der Waals surface area contributed by atoms with Crippen LogP contribution in [0.25, 0.3) is 0 Å². The Kier molecular flexibility index (Phi) is 4.27. The Morgan fingerprint density at radius 1 is 1.41 bits per heavy atom. The normalized spacial score (nSPS) is 12.9. The van der Waals surface area contributed by atoms with Crippen LogP contribution in [0.2, 0.25) is 0 Å². The number of aromatic nitrogens is 3. The second-order valence-corrected chi connectivity index (χ2v) is 6.80. The van der Waals surface area contributed by atoms with E-state index in [-0.39, 0.29) is 28.9 Å². The highest BCUT2D eigenvalue weighted by molar-refractivity contribution is 7.09. The van der Waals surface area contributed by atoms with E-state index in [1.54, 1.807) is 11.3 Å². The van der Waals surface area contributed by atoms with Gasteiger partial charge in [0, 0.05) is 10.8 Å². The second-order valence-electron chi connectivity index (χ2n) is 5.91. The van der Waals surface area contributed by atoms with Gasteiger partial charge in [0.1, 0.15) is 11.2 Å². The number of nitrogen functional groups attached to an aromatic ring is 1. The monoisotopic (exact) mass is 322 g/mol. The smallest absolute Gasteiger partial charge is 0.329 e. The van der Waals surface area contributed by atoms with E-state index in [2.05, 4.69) is 41.0 Å². The molecule has 0 fully saturated rings. The molecular formula is C13H18N6O2S. The SMILES string of the molecule is CC(Nc1ncc([N+](=O)[O-])c(N)n1)c1nc(C(C)(C)C)cs1. The van der Waals surface area contributed by atoms with Crippen molar-refractivity contribution in [1.82, 2.24) is 15.0 Å². The van der Waals surface area contributed by atoms with E-state index in [9.17, 15) is 10.1 Å². The van der Waals surface area contributed by atoms with Crippen molar-refractivity contribution in [2.45, 2.75) is 39.2 Å². The summed E-state index contributed by atoms with van der Waals surface area (Å²) in [5.41, 5.74) is 6.26. The number of nitrogens with two attached hydrogens (primary N) is 1. The van der Waals surface area contributed by atoms with Crippen molar-refractivity contribution in [3.8, 4) is 0 Å². The lowest BCUT2D eigenvalue weighted by Gasteiger charge is -2.15. The summed E-state index contributed by atoms with van der Waals surface area (Å²) >= 11 is 1.55. The first-order valence-corrected chi connectivity index (χ1v) is 7.56. The molecule has 1 unspecified atom stereocenters. The van der Waals surface area contributed by atoms with Crippen LogP contribution in [0.4, 0.5) is 17.5 Å². The summed E-state index contributed by atoms with van der Waals surface area (Å²) in [6, 6.07) is -0.123. The number of anilines is 2. The zero-order valence-electron chi connectivity index (χ0n) is 12.8. The van der Waals surface area contributed by atoms with E-state index < -0.39 is 4.92 Å². The Labute approximate surface area is 132 Å². The molecular weight excluding hydrogens is 304 g/mol. The molecule has 0 saturated carbocycles. The van der Waals surface area contributed by atoms with Crippen LogP contribution in [0, 0.1) is 10.1 Å². The highest BCUT2D eigenvalue weighted by Gasteiger charge is 2.20. The molecule has 0 aliphatic heterocycles. The van der Waals surface area contributed by atoms with Gasteiger partial charge in [-0.3, -0.25) is 10.1 Å². The van der Waals surface area contributed by atoms with Crippen LogP contribution in [0.3, 0.4) is 0 Å². The second kappa shape index (κ2) is 5.84. The highest BCUT2D eigenvalue weighted by atomic mass is 32.1. The van der Waals surface area contributed by atoms with Gasteiger partial charge < -0.3 is 11.1 Å². The minimum absolute atomic E-state index is 0.0112. The van der Waals surface area contributed by atoms with Crippen LogP contribution in [0.5, 0.6) is 0 Å². The molecule has 118 valence electrons. The molecule has 0 radical (unpaired) electrons. The molecule has 1 atom stereocenters. The van der Waals surface area contributed by atoms with Crippen LogP contribution in [0.15, 0.2) is 11.6 Å². The number of nitrogens with one attached hydrogen (secondary N) is 1. The number of nitrogens with zero attached hydrogens (tertiary/aromatic N) is 4. The molecule has 0 aromatic carbocycles. The lowest BCUT2D eigenvalue weighted by molar-refractivity contribution is -0.384. The number of nitro groups is 1. The van der Waals surface area contributed by atoms with E-state index in [0.29, 0.717) is 0 Å². The highest BCUT2D eigenvalue weighted by Crippen LogP contribution is 2.28. The molecule has 0 aliphatic carbocycles. The van der Waals surface area contributed by atoms with Crippen molar-refractivity contribution in [3.05, 3.63) is 32.4 Å². The van der Waals surface area contributed by atoms with Gasteiger partial charge in [-0.15, -0.1) is 11.3 Å². The molecule has 0 aliphatic rings. The maximum atomic E-state index is 10.7. The third kappa shape index (κ3) is 3.48. The average Bonchev–Trinajstić information content (AvgIpc) is 2.87. The number of hydrogen-bond acceptors (Lipinski definition) is 8. The number of rotatable bonds is 4. The lowest BCUT2D eigenvalue weighted by atomic mass is 9.93. The first kappa shape index (κ1) is 16.1. The van der Waals surface area contributed by atoms with Crippen LogP contribution in [0.1, 0.15) is 44.4 Å². The Hall–Kier alpha value is -2.29. The Balaban J connectivity index is 2.15. The van der Waals surface area contributed by atoms with Gasteiger partial charge in [-0.25, -0.2) is 9.97 Å².